The maximum absolute atomic E-state index is 14.0. The molecule has 2 fully saturated rings. The van der Waals surface area contributed by atoms with E-state index < -0.39 is 23.8 Å². The van der Waals surface area contributed by atoms with Gasteiger partial charge in [0.05, 0.1) is 0 Å². The average Bonchev–Trinajstić information content (AvgIpc) is 3.65. The van der Waals surface area contributed by atoms with Crippen LogP contribution in [0.15, 0.2) is 24.3 Å². The van der Waals surface area contributed by atoms with Crippen molar-refractivity contribution in [3.8, 4) is 5.75 Å². The van der Waals surface area contributed by atoms with Gasteiger partial charge in [0.25, 0.3) is 0 Å². The largest absolute Gasteiger partial charge is 0.508 e. The molecule has 0 radical (unpaired) electrons. The van der Waals surface area contributed by atoms with Crippen LogP contribution >= 0.6 is 11.8 Å². The number of aromatic hydroxyl groups is 1. The minimum atomic E-state index is -0.981. The van der Waals surface area contributed by atoms with Crippen LogP contribution in [0.4, 0.5) is 4.79 Å². The van der Waals surface area contributed by atoms with Crippen LogP contribution in [0.3, 0.4) is 0 Å². The lowest BCUT2D eigenvalue weighted by atomic mass is 9.94. The monoisotopic (exact) mass is 519 g/mol. The molecule has 0 aliphatic heterocycles. The van der Waals surface area contributed by atoms with E-state index >= 15 is 0 Å². The maximum atomic E-state index is 14.0. The highest BCUT2D eigenvalue weighted by Crippen LogP contribution is 2.38. The van der Waals surface area contributed by atoms with Crippen molar-refractivity contribution in [2.45, 2.75) is 102 Å². The highest BCUT2D eigenvalue weighted by molar-refractivity contribution is 7.98. The van der Waals surface area contributed by atoms with Crippen molar-refractivity contribution in [2.24, 2.45) is 0 Å². The van der Waals surface area contributed by atoms with E-state index in [0.29, 0.717) is 17.7 Å². The van der Waals surface area contributed by atoms with Crippen LogP contribution in [0.5, 0.6) is 5.75 Å². The number of thioether (sulfide) groups is 1. The van der Waals surface area contributed by atoms with Gasteiger partial charge in [-0.2, -0.15) is 11.8 Å². The first-order valence-electron chi connectivity index (χ1n) is 13.0. The van der Waals surface area contributed by atoms with Crippen molar-refractivity contribution in [1.82, 2.24) is 15.5 Å². The SMILES string of the molecule is CSCCC(NC(=O)OC(C)(C)C)C(=O)N(C1CC1)C(C(=O)NC1CCCCC1)c1ccccc1O. The fourth-order valence-corrected chi connectivity index (χ4v) is 5.13. The molecule has 2 aliphatic carbocycles. The number of carbonyl (C=O) groups is 3. The number of ether oxygens (including phenoxy) is 1. The minimum absolute atomic E-state index is 0.0273. The van der Waals surface area contributed by atoms with Crippen LogP contribution in [-0.2, 0) is 14.3 Å². The van der Waals surface area contributed by atoms with Gasteiger partial charge in [-0.1, -0.05) is 37.5 Å². The van der Waals surface area contributed by atoms with Crippen molar-refractivity contribution in [1.29, 1.82) is 0 Å². The van der Waals surface area contributed by atoms with Crippen molar-refractivity contribution >= 4 is 29.7 Å². The van der Waals surface area contributed by atoms with Crippen LogP contribution in [0.2, 0.25) is 0 Å². The quantitative estimate of drug-likeness (QED) is 0.420. The van der Waals surface area contributed by atoms with Crippen LogP contribution in [0.1, 0.15) is 83.7 Å². The molecule has 0 heterocycles. The molecule has 3 rings (SSSR count). The molecule has 9 heteroatoms. The number of amides is 3. The molecule has 1 aromatic carbocycles. The molecule has 1 aromatic rings. The summed E-state index contributed by atoms with van der Waals surface area (Å²) in [6.45, 7) is 5.31. The second-order valence-electron chi connectivity index (χ2n) is 10.8. The first-order chi connectivity index (χ1) is 17.1. The summed E-state index contributed by atoms with van der Waals surface area (Å²) in [5, 5.41) is 16.6. The summed E-state index contributed by atoms with van der Waals surface area (Å²) < 4.78 is 5.42. The minimum Gasteiger partial charge on any atom is -0.508 e. The summed E-state index contributed by atoms with van der Waals surface area (Å²) in [7, 11) is 0. The molecule has 0 aromatic heterocycles. The Morgan fingerprint density at radius 3 is 2.36 bits per heavy atom. The van der Waals surface area contributed by atoms with Crippen LogP contribution in [0.25, 0.3) is 0 Å². The van der Waals surface area contributed by atoms with Gasteiger partial charge in [0.2, 0.25) is 11.8 Å². The van der Waals surface area contributed by atoms with Gasteiger partial charge in [-0.25, -0.2) is 4.79 Å². The van der Waals surface area contributed by atoms with E-state index in [1.54, 1.807) is 55.6 Å². The van der Waals surface area contributed by atoms with Gasteiger partial charge < -0.3 is 25.4 Å². The highest BCUT2D eigenvalue weighted by Gasteiger charge is 2.45. The second-order valence-corrected chi connectivity index (χ2v) is 11.7. The van der Waals surface area contributed by atoms with E-state index in [1.807, 2.05) is 6.26 Å². The maximum Gasteiger partial charge on any atom is 0.408 e. The molecule has 8 nitrogen and oxygen atoms in total. The summed E-state index contributed by atoms with van der Waals surface area (Å²) in [5.74, 6) is 0.00903. The number of hydrogen-bond donors (Lipinski definition) is 3. The second kappa shape index (κ2) is 12.7. The predicted octanol–water partition coefficient (Wildman–Crippen LogP) is 4.52. The molecule has 2 saturated carbocycles. The van der Waals surface area contributed by atoms with Crippen molar-refractivity contribution in [2.75, 3.05) is 12.0 Å². The summed E-state index contributed by atoms with van der Waals surface area (Å²) in [6.07, 6.45) is 8.33. The zero-order chi connectivity index (χ0) is 26.3. The molecule has 2 unspecified atom stereocenters. The molecule has 2 aliphatic rings. The van der Waals surface area contributed by atoms with E-state index in [1.165, 1.54) is 6.07 Å². The van der Waals surface area contributed by atoms with Crippen LogP contribution in [0, 0.1) is 0 Å². The zero-order valence-electron chi connectivity index (χ0n) is 21.9. The van der Waals surface area contributed by atoms with Gasteiger partial charge in [-0.05, 0) is 71.0 Å². The molecule has 2 atom stereocenters. The molecule has 0 bridgehead atoms. The Labute approximate surface area is 218 Å². The summed E-state index contributed by atoms with van der Waals surface area (Å²) in [4.78, 5) is 42.0. The number of rotatable bonds is 10. The number of phenols is 1. The summed E-state index contributed by atoms with van der Waals surface area (Å²) in [5.41, 5.74) is -0.307. The molecule has 3 amide bonds. The first-order valence-corrected chi connectivity index (χ1v) is 14.4. The van der Waals surface area contributed by atoms with Crippen LogP contribution in [-0.4, -0.2) is 63.6 Å². The van der Waals surface area contributed by atoms with E-state index in [2.05, 4.69) is 10.6 Å². The van der Waals surface area contributed by atoms with Crippen LogP contribution < -0.4 is 10.6 Å². The van der Waals surface area contributed by atoms with E-state index in [-0.39, 0.29) is 29.6 Å². The number of benzene rings is 1. The van der Waals surface area contributed by atoms with Gasteiger partial charge >= 0.3 is 6.09 Å². The Hall–Kier alpha value is -2.42. The Kier molecular flexibility index (Phi) is 9.93. The topological polar surface area (TPSA) is 108 Å². The van der Waals surface area contributed by atoms with Gasteiger partial charge in [0, 0.05) is 17.6 Å². The number of nitrogens with zero attached hydrogens (tertiary/aromatic N) is 1. The molecule has 0 spiro atoms. The van der Waals surface area contributed by atoms with E-state index in [9.17, 15) is 19.5 Å². The third kappa shape index (κ3) is 8.05. The Bertz CT molecular complexity index is 909. The van der Waals surface area contributed by atoms with Gasteiger partial charge in [0.1, 0.15) is 23.4 Å². The molecule has 200 valence electrons. The van der Waals surface area contributed by atoms with Gasteiger partial charge in [-0.15, -0.1) is 0 Å². The molecule has 0 saturated heterocycles. The third-order valence-corrected chi connectivity index (χ3v) is 7.15. The standard InChI is InChI=1S/C27H41N3O5S/c1-27(2,3)35-26(34)29-21(16-17-36-4)25(33)30(19-14-15-19)23(20-12-8-9-13-22(20)31)24(32)28-18-10-6-5-7-11-18/h8-9,12-13,18-19,21,23,31H,5-7,10-11,14-17H2,1-4H3,(H,28,32)(H,29,34). The van der Waals surface area contributed by atoms with Crippen molar-refractivity contribution in [3.05, 3.63) is 29.8 Å². The number of phenolic OH excluding ortho intramolecular Hbond substituents is 1. The highest BCUT2D eigenvalue weighted by atomic mass is 32.2. The zero-order valence-corrected chi connectivity index (χ0v) is 22.7. The predicted molar refractivity (Wildman–Crippen MR) is 142 cm³/mol. The number of nitrogens with one attached hydrogen (secondary N) is 2. The van der Waals surface area contributed by atoms with E-state index in [4.69, 9.17) is 4.74 Å². The van der Waals surface area contributed by atoms with Crippen molar-refractivity contribution in [3.63, 3.8) is 0 Å². The smallest absolute Gasteiger partial charge is 0.408 e. The third-order valence-electron chi connectivity index (χ3n) is 6.50. The normalized spacial score (nSPS) is 18.1. The fourth-order valence-electron chi connectivity index (χ4n) is 4.66. The lowest BCUT2D eigenvalue weighted by Crippen LogP contribution is -2.54. The average molecular weight is 520 g/mol. The number of hydrogen-bond acceptors (Lipinski definition) is 6. The Morgan fingerprint density at radius 1 is 1.11 bits per heavy atom. The summed E-state index contributed by atoms with van der Waals surface area (Å²) in [6, 6.07) is 4.80. The number of alkyl carbamates (subject to hydrolysis) is 1. The van der Waals surface area contributed by atoms with Crippen molar-refractivity contribution < 1.29 is 24.2 Å². The lowest BCUT2D eigenvalue weighted by Gasteiger charge is -2.36. The Morgan fingerprint density at radius 2 is 1.78 bits per heavy atom. The molecular weight excluding hydrogens is 478 g/mol. The first kappa shape index (κ1) is 28.2. The van der Waals surface area contributed by atoms with Gasteiger partial charge in [0.15, 0.2) is 0 Å². The van der Waals surface area contributed by atoms with E-state index in [0.717, 1.165) is 44.9 Å². The Balaban J connectivity index is 1.92. The number of para-hydroxylation sites is 1. The molecule has 36 heavy (non-hydrogen) atoms. The molecule has 3 N–H and O–H groups in total. The number of carbonyl (C=O) groups excluding carboxylic acids is 3. The molecular formula is C27H41N3O5S. The summed E-state index contributed by atoms with van der Waals surface area (Å²) >= 11 is 1.58. The fraction of sp³-hybridized carbons (Fsp3) is 0.667. The lowest BCUT2D eigenvalue weighted by molar-refractivity contribution is -0.143. The van der Waals surface area contributed by atoms with Gasteiger partial charge in [-0.3, -0.25) is 9.59 Å².